The van der Waals surface area contributed by atoms with Crippen LogP contribution in [0.3, 0.4) is 0 Å². The van der Waals surface area contributed by atoms with Gasteiger partial charge in [0.05, 0.1) is 0 Å². The number of nitrogens with one attached hydrogen (secondary N) is 1. The number of benzene rings is 2. The quantitative estimate of drug-likeness (QED) is 0.399. The number of nitrogens with zero attached hydrogens (tertiary/aromatic N) is 5. The minimum Gasteiger partial charge on any atom is -0.368 e. The molecular formula is C24H34N6O. The highest BCUT2D eigenvalue weighted by atomic mass is 16.2. The van der Waals surface area contributed by atoms with E-state index < -0.39 is 0 Å². The molecule has 0 radical (unpaired) electrons. The van der Waals surface area contributed by atoms with Crippen LogP contribution in [0, 0.1) is 0 Å². The van der Waals surface area contributed by atoms with Crippen molar-refractivity contribution in [2.45, 2.75) is 19.8 Å². The topological polar surface area (TPSA) is 64.6 Å². The summed E-state index contributed by atoms with van der Waals surface area (Å²) in [6.45, 7) is 4.93. The largest absolute Gasteiger partial charge is 0.368 e. The minimum absolute atomic E-state index is 0.0193. The number of aromatic nitrogens is 2. The SMILES string of the molecule is CC(=O)N(CCCN(C)C)c1nnc(NCCCN(C)C)c2cc3ccccc3cc12. The van der Waals surface area contributed by atoms with Gasteiger partial charge in [-0.2, -0.15) is 0 Å². The van der Waals surface area contributed by atoms with E-state index in [4.69, 9.17) is 0 Å². The van der Waals surface area contributed by atoms with Crippen LogP contribution in [0.5, 0.6) is 0 Å². The van der Waals surface area contributed by atoms with Crippen LogP contribution in [0.25, 0.3) is 21.5 Å². The van der Waals surface area contributed by atoms with E-state index in [-0.39, 0.29) is 5.91 Å². The highest BCUT2D eigenvalue weighted by Crippen LogP contribution is 2.32. The Morgan fingerprint density at radius 1 is 0.871 bits per heavy atom. The molecule has 0 bridgehead atoms. The van der Waals surface area contributed by atoms with Crippen LogP contribution < -0.4 is 10.2 Å². The third kappa shape index (κ3) is 5.89. The van der Waals surface area contributed by atoms with Crippen LogP contribution in [0.4, 0.5) is 11.6 Å². The average Bonchev–Trinajstić information content (AvgIpc) is 2.72. The number of amides is 1. The van der Waals surface area contributed by atoms with Crippen molar-refractivity contribution >= 4 is 39.1 Å². The fraction of sp³-hybridized carbons (Fsp3) is 0.458. The van der Waals surface area contributed by atoms with Gasteiger partial charge >= 0.3 is 0 Å². The van der Waals surface area contributed by atoms with Crippen molar-refractivity contribution in [2.75, 3.05) is 64.6 Å². The van der Waals surface area contributed by atoms with Gasteiger partial charge in [-0.3, -0.25) is 9.69 Å². The summed E-state index contributed by atoms with van der Waals surface area (Å²) in [6, 6.07) is 12.5. The molecule has 2 aromatic carbocycles. The van der Waals surface area contributed by atoms with E-state index in [2.05, 4.69) is 63.7 Å². The first-order valence-electron chi connectivity index (χ1n) is 10.9. The summed E-state index contributed by atoms with van der Waals surface area (Å²) in [5, 5.41) is 16.7. The first-order valence-corrected chi connectivity index (χ1v) is 10.9. The van der Waals surface area contributed by atoms with Gasteiger partial charge in [0.1, 0.15) is 0 Å². The standard InChI is InChI=1S/C24H34N6O/c1-18(31)30(15-9-14-29(4)5)24-22-17-20-11-7-6-10-19(20)16-21(22)23(26-27-24)25-12-8-13-28(2)3/h6-7,10-11,16-17H,8-9,12-15H2,1-5H3,(H,25,26). The monoisotopic (exact) mass is 422 g/mol. The maximum absolute atomic E-state index is 12.5. The Labute approximate surface area is 185 Å². The zero-order valence-electron chi connectivity index (χ0n) is 19.4. The Hall–Kier alpha value is -2.77. The number of fused-ring (bicyclic) bond motifs is 2. The van der Waals surface area contributed by atoms with Crippen molar-refractivity contribution in [3.8, 4) is 0 Å². The smallest absolute Gasteiger partial charge is 0.225 e. The summed E-state index contributed by atoms with van der Waals surface area (Å²) in [5.41, 5.74) is 0. The second-order valence-electron chi connectivity index (χ2n) is 8.53. The normalized spacial score (nSPS) is 11.6. The van der Waals surface area contributed by atoms with E-state index in [1.807, 2.05) is 26.2 Å². The summed E-state index contributed by atoms with van der Waals surface area (Å²) < 4.78 is 0. The van der Waals surface area contributed by atoms with E-state index >= 15 is 0 Å². The molecule has 1 amide bonds. The Morgan fingerprint density at radius 2 is 1.48 bits per heavy atom. The van der Waals surface area contributed by atoms with Crippen LogP contribution in [0.15, 0.2) is 36.4 Å². The number of anilines is 2. The van der Waals surface area contributed by atoms with Gasteiger partial charge in [0.25, 0.3) is 0 Å². The summed E-state index contributed by atoms with van der Waals surface area (Å²) in [6.07, 6.45) is 1.88. The van der Waals surface area contributed by atoms with Crippen molar-refractivity contribution in [2.24, 2.45) is 0 Å². The molecule has 0 saturated heterocycles. The van der Waals surface area contributed by atoms with E-state index in [0.717, 1.165) is 59.8 Å². The maximum atomic E-state index is 12.5. The summed E-state index contributed by atoms with van der Waals surface area (Å²) >= 11 is 0. The van der Waals surface area contributed by atoms with Crippen molar-refractivity contribution in [1.29, 1.82) is 0 Å². The molecule has 7 heteroatoms. The number of rotatable bonds is 10. The van der Waals surface area contributed by atoms with Gasteiger partial charge in [-0.15, -0.1) is 10.2 Å². The Balaban J connectivity index is 2.01. The number of hydrogen-bond acceptors (Lipinski definition) is 6. The molecule has 0 unspecified atom stereocenters. The summed E-state index contributed by atoms with van der Waals surface area (Å²) in [5.74, 6) is 1.38. The molecular weight excluding hydrogens is 388 g/mol. The average molecular weight is 423 g/mol. The highest BCUT2D eigenvalue weighted by molar-refractivity contribution is 6.09. The fourth-order valence-electron chi connectivity index (χ4n) is 3.72. The molecule has 1 heterocycles. The molecule has 7 nitrogen and oxygen atoms in total. The van der Waals surface area contributed by atoms with Gasteiger partial charge in [-0.05, 0) is 77.0 Å². The lowest BCUT2D eigenvalue weighted by Gasteiger charge is -2.23. The second kappa shape index (κ2) is 10.5. The molecule has 3 rings (SSSR count). The van der Waals surface area contributed by atoms with E-state index in [1.54, 1.807) is 11.8 Å². The predicted molar refractivity (Wildman–Crippen MR) is 130 cm³/mol. The van der Waals surface area contributed by atoms with Gasteiger partial charge in [-0.1, -0.05) is 24.3 Å². The molecule has 0 fully saturated rings. The van der Waals surface area contributed by atoms with Crippen LogP contribution >= 0.6 is 0 Å². The maximum Gasteiger partial charge on any atom is 0.225 e. The van der Waals surface area contributed by atoms with Crippen molar-refractivity contribution in [1.82, 2.24) is 20.0 Å². The van der Waals surface area contributed by atoms with Crippen molar-refractivity contribution in [3.05, 3.63) is 36.4 Å². The lowest BCUT2D eigenvalue weighted by Crippen LogP contribution is -2.32. The van der Waals surface area contributed by atoms with Crippen LogP contribution in [0.2, 0.25) is 0 Å². The third-order valence-electron chi connectivity index (χ3n) is 5.32. The zero-order chi connectivity index (χ0) is 22.4. The predicted octanol–water partition coefficient (Wildman–Crippen LogP) is 3.45. The third-order valence-corrected chi connectivity index (χ3v) is 5.32. The lowest BCUT2D eigenvalue weighted by atomic mass is 10.0. The van der Waals surface area contributed by atoms with Gasteiger partial charge in [0.15, 0.2) is 11.6 Å². The Bertz CT molecular complexity index is 1030. The minimum atomic E-state index is -0.0193. The molecule has 0 spiro atoms. The van der Waals surface area contributed by atoms with Crippen molar-refractivity contribution in [3.63, 3.8) is 0 Å². The molecule has 0 aliphatic heterocycles. The number of hydrogen-bond donors (Lipinski definition) is 1. The van der Waals surface area contributed by atoms with E-state index in [0.29, 0.717) is 12.4 Å². The first-order chi connectivity index (χ1) is 14.9. The Morgan fingerprint density at radius 3 is 2.10 bits per heavy atom. The van der Waals surface area contributed by atoms with Crippen molar-refractivity contribution < 1.29 is 4.79 Å². The highest BCUT2D eigenvalue weighted by Gasteiger charge is 2.19. The summed E-state index contributed by atoms with van der Waals surface area (Å²) in [4.78, 5) is 18.6. The number of carbonyl (C=O) groups is 1. The number of carbonyl (C=O) groups excluding carboxylic acids is 1. The van der Waals surface area contributed by atoms with Gasteiger partial charge in [0, 0.05) is 30.8 Å². The van der Waals surface area contributed by atoms with E-state index in [9.17, 15) is 4.79 Å². The first kappa shape index (κ1) is 22.9. The van der Waals surface area contributed by atoms with Gasteiger partial charge < -0.3 is 15.1 Å². The molecule has 1 N–H and O–H groups in total. The molecule has 0 aliphatic carbocycles. The van der Waals surface area contributed by atoms with Gasteiger partial charge in [0.2, 0.25) is 5.91 Å². The van der Waals surface area contributed by atoms with Crippen LogP contribution in [0.1, 0.15) is 19.8 Å². The molecule has 3 aromatic rings. The van der Waals surface area contributed by atoms with Crippen LogP contribution in [-0.2, 0) is 4.79 Å². The lowest BCUT2D eigenvalue weighted by molar-refractivity contribution is -0.116. The second-order valence-corrected chi connectivity index (χ2v) is 8.53. The zero-order valence-corrected chi connectivity index (χ0v) is 19.4. The molecule has 0 atom stereocenters. The molecule has 1 aromatic heterocycles. The Kier molecular flexibility index (Phi) is 7.76. The fourth-order valence-corrected chi connectivity index (χ4v) is 3.72. The van der Waals surface area contributed by atoms with E-state index in [1.165, 1.54) is 0 Å². The summed E-state index contributed by atoms with van der Waals surface area (Å²) in [7, 11) is 8.22. The van der Waals surface area contributed by atoms with Crippen LogP contribution in [-0.4, -0.2) is 80.3 Å². The molecule has 0 saturated carbocycles. The molecule has 166 valence electrons. The molecule has 31 heavy (non-hydrogen) atoms. The van der Waals surface area contributed by atoms with Gasteiger partial charge in [-0.25, -0.2) is 0 Å². The molecule has 0 aliphatic rings.